The summed E-state index contributed by atoms with van der Waals surface area (Å²) >= 11 is 0. The molecule has 2 N–H and O–H groups in total. The monoisotopic (exact) mass is 609 g/mol. The van der Waals surface area contributed by atoms with Gasteiger partial charge in [0.25, 0.3) is 0 Å². The first-order chi connectivity index (χ1) is 21.0. The van der Waals surface area contributed by atoms with Crippen molar-refractivity contribution in [1.29, 1.82) is 0 Å². The van der Waals surface area contributed by atoms with Crippen molar-refractivity contribution in [2.45, 2.75) is 232 Å². The lowest BCUT2D eigenvalue weighted by Gasteiger charge is -2.29. The van der Waals surface area contributed by atoms with Crippen molar-refractivity contribution in [3.63, 3.8) is 0 Å². The van der Waals surface area contributed by atoms with Crippen LogP contribution in [0.15, 0.2) is 0 Å². The Labute approximate surface area is 269 Å². The van der Waals surface area contributed by atoms with Crippen LogP contribution in [0.2, 0.25) is 0 Å². The number of hydrogen-bond donors (Lipinski definition) is 2. The van der Waals surface area contributed by atoms with Crippen LogP contribution in [-0.4, -0.2) is 22.2 Å². The minimum atomic E-state index is -0.876. The Morgan fingerprint density at radius 1 is 0.372 bits per heavy atom. The topological polar surface area (TPSA) is 74.6 Å². The molecule has 0 aromatic heterocycles. The molecule has 0 amide bonds. The number of hydrogen-bond acceptors (Lipinski definition) is 2. The maximum Gasteiger partial charge on any atom is 0.309 e. The largest absolute Gasteiger partial charge is 0.481 e. The number of carboxylic acids is 2. The van der Waals surface area contributed by atoms with Crippen LogP contribution in [0.4, 0.5) is 0 Å². The highest BCUT2D eigenvalue weighted by Crippen LogP contribution is 2.37. The molecule has 0 rings (SSSR count). The van der Waals surface area contributed by atoms with Crippen molar-refractivity contribution in [3.05, 3.63) is 0 Å². The maximum atomic E-state index is 12.4. The highest BCUT2D eigenvalue weighted by molar-refractivity contribution is 5.76. The molecule has 0 saturated heterocycles. The SMILES string of the molecule is CCCCCCCCCCCCCCCCCC(CCCCCCCCCCCCCCCCC)(CCC(=O)O)C(=O)O. The predicted octanol–water partition coefficient (Wildman–Crippen LogP) is 13.4. The van der Waals surface area contributed by atoms with Crippen LogP contribution in [0.3, 0.4) is 0 Å². The maximum absolute atomic E-state index is 12.4. The van der Waals surface area contributed by atoms with Gasteiger partial charge >= 0.3 is 11.9 Å². The summed E-state index contributed by atoms with van der Waals surface area (Å²) in [6.07, 6.45) is 40.4. The molecule has 0 aromatic rings. The summed E-state index contributed by atoms with van der Waals surface area (Å²) in [5.74, 6) is -1.65. The fourth-order valence-corrected chi connectivity index (χ4v) is 6.71. The lowest BCUT2D eigenvalue weighted by molar-refractivity contribution is -0.151. The molecule has 4 nitrogen and oxygen atoms in total. The Bertz CT molecular complexity index is 568. The molecular formula is C39H76O4. The Hall–Kier alpha value is -1.06. The molecule has 0 unspecified atom stereocenters. The Morgan fingerprint density at radius 3 is 0.814 bits per heavy atom. The van der Waals surface area contributed by atoms with Gasteiger partial charge in [0.2, 0.25) is 0 Å². The third-order valence-corrected chi connectivity index (χ3v) is 9.79. The molecule has 0 aliphatic carbocycles. The summed E-state index contributed by atoms with van der Waals surface area (Å²) in [6, 6.07) is 0. The summed E-state index contributed by atoms with van der Waals surface area (Å²) in [6.45, 7) is 4.54. The fourth-order valence-electron chi connectivity index (χ4n) is 6.71. The fraction of sp³-hybridized carbons (Fsp3) is 0.949. The van der Waals surface area contributed by atoms with E-state index in [9.17, 15) is 19.8 Å². The standard InChI is InChI=1S/C39H76O4/c1-3-5-7-9-11-13-15-17-19-21-23-25-27-29-31-34-39(38(42)43,36-33-37(40)41)35-32-30-28-26-24-22-20-18-16-14-12-10-8-6-4-2/h3-36H2,1-2H3,(H,40,41)(H,42,43). The molecule has 43 heavy (non-hydrogen) atoms. The smallest absolute Gasteiger partial charge is 0.309 e. The molecule has 0 bridgehead atoms. The van der Waals surface area contributed by atoms with Crippen molar-refractivity contribution in [3.8, 4) is 0 Å². The Kier molecular flexibility index (Phi) is 31.5. The molecule has 0 aromatic carbocycles. The van der Waals surface area contributed by atoms with E-state index in [4.69, 9.17) is 0 Å². The van der Waals surface area contributed by atoms with E-state index in [1.807, 2.05) is 0 Å². The van der Waals surface area contributed by atoms with Crippen molar-refractivity contribution in [2.24, 2.45) is 5.41 Å². The number of rotatable bonds is 36. The van der Waals surface area contributed by atoms with Gasteiger partial charge in [-0.25, -0.2) is 0 Å². The van der Waals surface area contributed by atoms with E-state index in [1.165, 1.54) is 167 Å². The van der Waals surface area contributed by atoms with E-state index in [2.05, 4.69) is 13.8 Å². The van der Waals surface area contributed by atoms with E-state index in [0.29, 0.717) is 12.8 Å². The summed E-state index contributed by atoms with van der Waals surface area (Å²) < 4.78 is 0. The van der Waals surface area contributed by atoms with E-state index in [-0.39, 0.29) is 12.8 Å². The van der Waals surface area contributed by atoms with Gasteiger partial charge in [-0.1, -0.05) is 206 Å². The van der Waals surface area contributed by atoms with Crippen LogP contribution < -0.4 is 0 Å². The molecule has 0 saturated carbocycles. The molecule has 0 aliphatic rings. The van der Waals surface area contributed by atoms with Crippen LogP contribution in [-0.2, 0) is 9.59 Å². The van der Waals surface area contributed by atoms with Crippen molar-refractivity contribution in [2.75, 3.05) is 0 Å². The average Bonchev–Trinajstić information content (AvgIpc) is 2.99. The van der Waals surface area contributed by atoms with E-state index in [0.717, 1.165) is 25.7 Å². The normalized spacial score (nSPS) is 11.8. The first-order valence-electron chi connectivity index (χ1n) is 19.4. The Balaban J connectivity index is 3.99. The highest BCUT2D eigenvalue weighted by atomic mass is 16.4. The van der Waals surface area contributed by atoms with Crippen molar-refractivity contribution >= 4 is 11.9 Å². The molecule has 0 fully saturated rings. The first kappa shape index (κ1) is 41.9. The first-order valence-corrected chi connectivity index (χ1v) is 19.4. The zero-order valence-electron chi connectivity index (χ0n) is 29.3. The van der Waals surface area contributed by atoms with E-state index >= 15 is 0 Å². The predicted molar refractivity (Wildman–Crippen MR) is 186 cm³/mol. The minimum absolute atomic E-state index is 0.0379. The summed E-state index contributed by atoms with van der Waals surface area (Å²) in [5.41, 5.74) is -0.856. The molecule has 4 heteroatoms. The van der Waals surface area contributed by atoms with Gasteiger partial charge in [0.1, 0.15) is 0 Å². The molecular weight excluding hydrogens is 532 g/mol. The van der Waals surface area contributed by atoms with Gasteiger partial charge in [-0.15, -0.1) is 0 Å². The molecule has 256 valence electrons. The third-order valence-electron chi connectivity index (χ3n) is 9.79. The van der Waals surface area contributed by atoms with Gasteiger partial charge in [0.05, 0.1) is 5.41 Å². The zero-order chi connectivity index (χ0) is 31.7. The van der Waals surface area contributed by atoms with Gasteiger partial charge in [0, 0.05) is 6.42 Å². The van der Waals surface area contributed by atoms with Gasteiger partial charge in [-0.2, -0.15) is 0 Å². The van der Waals surface area contributed by atoms with E-state index < -0.39 is 17.4 Å². The lowest BCUT2D eigenvalue weighted by atomic mass is 9.74. The number of carboxylic acid groups (broad SMARTS) is 2. The lowest BCUT2D eigenvalue weighted by Crippen LogP contribution is -2.32. The summed E-state index contributed by atoms with van der Waals surface area (Å²) in [5, 5.41) is 19.4. The van der Waals surface area contributed by atoms with Crippen molar-refractivity contribution in [1.82, 2.24) is 0 Å². The molecule has 0 heterocycles. The van der Waals surface area contributed by atoms with Crippen molar-refractivity contribution < 1.29 is 19.8 Å². The second-order valence-electron chi connectivity index (χ2n) is 13.9. The van der Waals surface area contributed by atoms with Crippen LogP contribution in [0.5, 0.6) is 0 Å². The van der Waals surface area contributed by atoms with Crippen LogP contribution in [0, 0.1) is 5.41 Å². The van der Waals surface area contributed by atoms with Crippen LogP contribution in [0.25, 0.3) is 0 Å². The number of unbranched alkanes of at least 4 members (excludes halogenated alkanes) is 28. The summed E-state index contributed by atoms with van der Waals surface area (Å²) in [7, 11) is 0. The van der Waals surface area contributed by atoms with Gasteiger partial charge in [-0.05, 0) is 19.3 Å². The second kappa shape index (κ2) is 32.3. The summed E-state index contributed by atoms with van der Waals surface area (Å²) in [4.78, 5) is 23.7. The molecule has 0 radical (unpaired) electrons. The van der Waals surface area contributed by atoms with Gasteiger partial charge < -0.3 is 10.2 Å². The second-order valence-corrected chi connectivity index (χ2v) is 13.9. The Morgan fingerprint density at radius 2 is 0.605 bits per heavy atom. The van der Waals surface area contributed by atoms with Crippen LogP contribution >= 0.6 is 0 Å². The van der Waals surface area contributed by atoms with Gasteiger partial charge in [0.15, 0.2) is 0 Å². The third kappa shape index (κ3) is 28.2. The average molecular weight is 609 g/mol. The quantitative estimate of drug-likeness (QED) is 0.0694. The highest BCUT2D eigenvalue weighted by Gasteiger charge is 2.37. The molecule has 0 spiro atoms. The number of aliphatic carboxylic acids is 2. The molecule has 0 aliphatic heterocycles. The van der Waals surface area contributed by atoms with Crippen LogP contribution in [0.1, 0.15) is 232 Å². The minimum Gasteiger partial charge on any atom is -0.481 e. The van der Waals surface area contributed by atoms with Gasteiger partial charge in [-0.3, -0.25) is 9.59 Å². The zero-order valence-corrected chi connectivity index (χ0v) is 29.3. The number of carbonyl (C=O) groups is 2. The molecule has 0 atom stereocenters. The van der Waals surface area contributed by atoms with E-state index in [1.54, 1.807) is 0 Å².